The Morgan fingerprint density at radius 1 is 0.968 bits per heavy atom. The molecule has 0 atom stereocenters. The Morgan fingerprint density at radius 3 is 2.48 bits per heavy atom. The van der Waals surface area contributed by atoms with E-state index in [4.69, 9.17) is 0 Å². The van der Waals surface area contributed by atoms with E-state index in [2.05, 4.69) is 5.32 Å². The van der Waals surface area contributed by atoms with Crippen molar-refractivity contribution < 1.29 is 14.0 Å². The van der Waals surface area contributed by atoms with Crippen LogP contribution in [0.15, 0.2) is 88.7 Å². The van der Waals surface area contributed by atoms with Crippen molar-refractivity contribution in [3.05, 3.63) is 101 Å². The van der Waals surface area contributed by atoms with Crippen LogP contribution in [0.4, 0.5) is 10.1 Å². The van der Waals surface area contributed by atoms with Crippen LogP contribution in [0.25, 0.3) is 6.08 Å². The number of halogens is 1. The van der Waals surface area contributed by atoms with Crippen LogP contribution in [0.1, 0.15) is 11.1 Å². The van der Waals surface area contributed by atoms with Gasteiger partial charge in [-0.05, 0) is 36.3 Å². The maximum atomic E-state index is 14.1. The molecule has 1 N–H and O–H groups in total. The highest BCUT2D eigenvalue weighted by Gasteiger charge is 2.30. The Hall–Kier alpha value is -3.38. The summed E-state index contributed by atoms with van der Waals surface area (Å²) in [5.74, 6) is -0.950. The van der Waals surface area contributed by atoms with Crippen LogP contribution in [-0.2, 0) is 16.0 Å². The van der Waals surface area contributed by atoms with E-state index in [0.29, 0.717) is 29.1 Å². The first kappa shape index (κ1) is 20.9. The van der Waals surface area contributed by atoms with Gasteiger partial charge in [0.15, 0.2) is 0 Å². The molecule has 0 bridgehead atoms. The number of carbonyl (C=O) groups excluding carboxylic acids is 2. The van der Waals surface area contributed by atoms with Crippen LogP contribution in [0.5, 0.6) is 0 Å². The van der Waals surface area contributed by atoms with Gasteiger partial charge in [0.2, 0.25) is 5.91 Å². The molecule has 6 heteroatoms. The predicted octanol–water partition coefficient (Wildman–Crippen LogP) is 4.66. The second-order valence-electron chi connectivity index (χ2n) is 7.08. The number of nitrogens with zero attached hydrogens (tertiary/aromatic N) is 1. The number of nitrogens with one attached hydrogen (secondary N) is 1. The fraction of sp³-hybridized carbons (Fsp3) is 0.120. The van der Waals surface area contributed by atoms with Crippen molar-refractivity contribution in [1.82, 2.24) is 5.32 Å². The maximum absolute atomic E-state index is 14.1. The number of thioether (sulfide) groups is 1. The third-order valence-corrected chi connectivity index (χ3v) is 5.98. The van der Waals surface area contributed by atoms with Crippen molar-refractivity contribution in [2.24, 2.45) is 0 Å². The Bertz CT molecular complexity index is 1130. The summed E-state index contributed by atoms with van der Waals surface area (Å²) in [6.45, 7) is 0.388. The molecule has 0 radical (unpaired) electrons. The quantitative estimate of drug-likeness (QED) is 0.576. The number of rotatable bonds is 6. The van der Waals surface area contributed by atoms with Crippen molar-refractivity contribution in [3.8, 4) is 0 Å². The topological polar surface area (TPSA) is 49.4 Å². The maximum Gasteiger partial charge on any atom is 0.265 e. The van der Waals surface area contributed by atoms with Crippen molar-refractivity contribution in [2.75, 3.05) is 18.0 Å². The third-order valence-electron chi connectivity index (χ3n) is 4.90. The minimum Gasteiger partial charge on any atom is -0.354 e. The van der Waals surface area contributed by atoms with Gasteiger partial charge in [-0.15, -0.1) is 0 Å². The van der Waals surface area contributed by atoms with Crippen molar-refractivity contribution in [3.63, 3.8) is 0 Å². The smallest absolute Gasteiger partial charge is 0.265 e. The van der Waals surface area contributed by atoms with Crippen LogP contribution in [0.2, 0.25) is 0 Å². The zero-order chi connectivity index (χ0) is 21.6. The molecular formula is C25H21FN2O2S. The average molecular weight is 433 g/mol. The Kier molecular flexibility index (Phi) is 6.48. The Balaban J connectivity index is 1.51. The molecule has 3 aromatic carbocycles. The summed E-state index contributed by atoms with van der Waals surface area (Å²) < 4.78 is 14.1. The molecule has 0 saturated heterocycles. The summed E-state index contributed by atoms with van der Waals surface area (Å²) in [7, 11) is 0. The van der Waals surface area contributed by atoms with E-state index in [1.165, 1.54) is 22.7 Å². The van der Waals surface area contributed by atoms with E-state index < -0.39 is 5.82 Å². The van der Waals surface area contributed by atoms with Gasteiger partial charge in [-0.3, -0.25) is 14.5 Å². The first-order chi connectivity index (χ1) is 15.1. The number of amides is 2. The van der Waals surface area contributed by atoms with Crippen LogP contribution in [0, 0.1) is 5.82 Å². The van der Waals surface area contributed by atoms with E-state index >= 15 is 0 Å². The third kappa shape index (κ3) is 5.03. The molecule has 4 rings (SSSR count). The summed E-state index contributed by atoms with van der Waals surface area (Å²) in [6.07, 6.45) is 2.25. The highest BCUT2D eigenvalue weighted by Crippen LogP contribution is 2.42. The Morgan fingerprint density at radius 2 is 1.68 bits per heavy atom. The molecule has 156 valence electrons. The summed E-state index contributed by atoms with van der Waals surface area (Å²) in [6, 6.07) is 23.6. The van der Waals surface area contributed by atoms with Gasteiger partial charge in [0.25, 0.3) is 5.91 Å². The fourth-order valence-electron chi connectivity index (χ4n) is 3.34. The van der Waals surface area contributed by atoms with Gasteiger partial charge in [-0.25, -0.2) is 4.39 Å². The highest BCUT2D eigenvalue weighted by atomic mass is 32.2. The molecule has 1 aliphatic heterocycles. The van der Waals surface area contributed by atoms with Gasteiger partial charge in [-0.1, -0.05) is 72.4 Å². The normalized spacial score (nSPS) is 14.4. The minimum absolute atomic E-state index is 0.0974. The molecule has 1 aliphatic rings. The first-order valence-corrected chi connectivity index (χ1v) is 10.8. The van der Waals surface area contributed by atoms with Gasteiger partial charge in [0.1, 0.15) is 12.4 Å². The van der Waals surface area contributed by atoms with Gasteiger partial charge in [0.05, 0.1) is 10.6 Å². The van der Waals surface area contributed by atoms with Gasteiger partial charge >= 0.3 is 0 Å². The largest absolute Gasteiger partial charge is 0.354 e. The number of para-hydroxylation sites is 1. The number of hydrogen-bond donors (Lipinski definition) is 1. The molecular weight excluding hydrogens is 411 g/mol. The number of anilines is 1. The lowest BCUT2D eigenvalue weighted by Crippen LogP contribution is -2.43. The SMILES string of the molecule is O=C(CN1C(=O)C(=Cc2ccccc2F)Sc2ccccc21)NCCc1ccccc1. The molecule has 0 unspecified atom stereocenters. The second kappa shape index (κ2) is 9.62. The lowest BCUT2D eigenvalue weighted by atomic mass is 10.1. The molecule has 0 aliphatic carbocycles. The lowest BCUT2D eigenvalue weighted by molar-refractivity contribution is -0.122. The second-order valence-corrected chi connectivity index (χ2v) is 8.16. The molecule has 2 amide bonds. The highest BCUT2D eigenvalue weighted by molar-refractivity contribution is 8.04. The van der Waals surface area contributed by atoms with E-state index in [0.717, 1.165) is 10.5 Å². The molecule has 0 aromatic heterocycles. The lowest BCUT2D eigenvalue weighted by Gasteiger charge is -2.29. The molecule has 0 fully saturated rings. The van der Waals surface area contributed by atoms with Gasteiger partial charge in [0, 0.05) is 17.0 Å². The van der Waals surface area contributed by atoms with Crippen LogP contribution < -0.4 is 10.2 Å². The zero-order valence-electron chi connectivity index (χ0n) is 16.8. The summed E-state index contributed by atoms with van der Waals surface area (Å²) in [4.78, 5) is 28.4. The molecule has 1 heterocycles. The fourth-order valence-corrected chi connectivity index (χ4v) is 4.39. The molecule has 4 nitrogen and oxygen atoms in total. The average Bonchev–Trinajstić information content (AvgIpc) is 2.79. The van der Waals surface area contributed by atoms with Crippen LogP contribution >= 0.6 is 11.8 Å². The van der Waals surface area contributed by atoms with E-state index in [1.54, 1.807) is 24.3 Å². The van der Waals surface area contributed by atoms with Gasteiger partial charge < -0.3 is 5.32 Å². The van der Waals surface area contributed by atoms with E-state index in [9.17, 15) is 14.0 Å². The molecule has 31 heavy (non-hydrogen) atoms. The number of benzene rings is 3. The van der Waals surface area contributed by atoms with Crippen LogP contribution in [0.3, 0.4) is 0 Å². The monoisotopic (exact) mass is 432 g/mol. The standard InChI is InChI=1S/C25H21FN2O2S/c26-20-11-5-4-10-19(20)16-23-25(30)28(21-12-6-7-13-22(21)31-23)17-24(29)27-15-14-18-8-2-1-3-9-18/h1-13,16H,14-15,17H2,(H,27,29). The van der Waals surface area contributed by atoms with E-state index in [1.807, 2.05) is 54.6 Å². The number of carbonyl (C=O) groups is 2. The summed E-state index contributed by atoms with van der Waals surface area (Å²) in [5.41, 5.74) is 2.15. The zero-order valence-corrected chi connectivity index (χ0v) is 17.6. The molecule has 3 aromatic rings. The van der Waals surface area contributed by atoms with Crippen molar-refractivity contribution in [2.45, 2.75) is 11.3 Å². The Labute approximate surface area is 184 Å². The number of hydrogen-bond acceptors (Lipinski definition) is 3. The number of fused-ring (bicyclic) bond motifs is 1. The summed E-state index contributed by atoms with van der Waals surface area (Å²) in [5, 5.41) is 2.88. The molecule has 0 saturated carbocycles. The summed E-state index contributed by atoms with van der Waals surface area (Å²) >= 11 is 1.29. The van der Waals surface area contributed by atoms with Crippen molar-refractivity contribution in [1.29, 1.82) is 0 Å². The minimum atomic E-state index is -0.396. The predicted molar refractivity (Wildman–Crippen MR) is 122 cm³/mol. The van der Waals surface area contributed by atoms with Gasteiger partial charge in [-0.2, -0.15) is 0 Å². The van der Waals surface area contributed by atoms with Crippen LogP contribution in [-0.4, -0.2) is 24.9 Å². The molecule has 0 spiro atoms. The first-order valence-electron chi connectivity index (χ1n) is 9.97. The van der Waals surface area contributed by atoms with E-state index in [-0.39, 0.29) is 18.4 Å². The van der Waals surface area contributed by atoms with Crippen molar-refractivity contribution >= 4 is 35.3 Å².